The third-order valence-electron chi connectivity index (χ3n) is 1.30. The predicted octanol–water partition coefficient (Wildman–Crippen LogP) is 0.247. The van der Waals surface area contributed by atoms with Crippen LogP contribution in [0.5, 0.6) is 5.75 Å². The van der Waals surface area contributed by atoms with Gasteiger partial charge in [0.1, 0.15) is 23.3 Å². The molecule has 5 nitrogen and oxygen atoms in total. The third kappa shape index (κ3) is 1.62. The molecule has 0 unspecified atom stereocenters. The fraction of sp³-hybridized carbons (Fsp3) is 0.143. The lowest BCUT2D eigenvalue weighted by Gasteiger charge is -2.02. The van der Waals surface area contributed by atoms with Gasteiger partial charge in [0.05, 0.1) is 7.11 Å². The smallest absolute Gasteiger partial charge is 0.146 e. The summed E-state index contributed by atoms with van der Waals surface area (Å²) in [5.74, 6) is 6.08. The number of ether oxygens (including phenoxy) is 1. The molecule has 5 heteroatoms. The summed E-state index contributed by atoms with van der Waals surface area (Å²) in [5, 5.41) is 8.54. The average Bonchev–Trinajstić information content (AvgIpc) is 2.16. The Labute approximate surface area is 69.7 Å². The summed E-state index contributed by atoms with van der Waals surface area (Å²) in [4.78, 5) is 3.84. The summed E-state index contributed by atoms with van der Waals surface area (Å²) < 4.78 is 4.91. The number of anilines is 1. The van der Waals surface area contributed by atoms with Crippen molar-refractivity contribution in [2.75, 3.05) is 12.5 Å². The van der Waals surface area contributed by atoms with Crippen LogP contribution in [0.15, 0.2) is 12.1 Å². The fourth-order valence-electron chi connectivity index (χ4n) is 0.755. The SMILES string of the molecule is COc1cc(C#N)nc(NN)c1. The zero-order chi connectivity index (χ0) is 8.97. The van der Waals surface area contributed by atoms with E-state index < -0.39 is 0 Å². The van der Waals surface area contributed by atoms with Crippen molar-refractivity contribution < 1.29 is 4.74 Å². The Bertz CT molecular complexity index is 295. The first-order valence-electron chi connectivity index (χ1n) is 3.23. The molecule has 1 aromatic heterocycles. The Morgan fingerprint density at radius 3 is 2.92 bits per heavy atom. The fourth-order valence-corrected chi connectivity index (χ4v) is 0.755. The van der Waals surface area contributed by atoms with Crippen LogP contribution in [-0.2, 0) is 0 Å². The van der Waals surface area contributed by atoms with Crippen molar-refractivity contribution in [3.63, 3.8) is 0 Å². The molecule has 0 aliphatic heterocycles. The van der Waals surface area contributed by atoms with E-state index in [4.69, 9.17) is 15.8 Å². The maximum Gasteiger partial charge on any atom is 0.146 e. The van der Waals surface area contributed by atoms with Crippen molar-refractivity contribution in [1.82, 2.24) is 4.98 Å². The van der Waals surface area contributed by atoms with Gasteiger partial charge in [0.15, 0.2) is 0 Å². The molecule has 0 atom stereocenters. The maximum absolute atomic E-state index is 8.54. The number of rotatable bonds is 2. The number of nitrogens with one attached hydrogen (secondary N) is 1. The van der Waals surface area contributed by atoms with Gasteiger partial charge in [-0.1, -0.05) is 0 Å². The van der Waals surface area contributed by atoms with E-state index in [1.54, 1.807) is 6.07 Å². The molecule has 0 fully saturated rings. The van der Waals surface area contributed by atoms with E-state index in [0.717, 1.165) is 0 Å². The predicted molar refractivity (Wildman–Crippen MR) is 43.3 cm³/mol. The Hall–Kier alpha value is -1.80. The summed E-state index contributed by atoms with van der Waals surface area (Å²) in [6.07, 6.45) is 0. The van der Waals surface area contributed by atoms with Crippen LogP contribution < -0.4 is 16.0 Å². The lowest BCUT2D eigenvalue weighted by atomic mass is 10.3. The van der Waals surface area contributed by atoms with Crippen molar-refractivity contribution in [2.45, 2.75) is 0 Å². The van der Waals surface area contributed by atoms with E-state index in [1.165, 1.54) is 13.2 Å². The number of nitriles is 1. The second-order valence-corrected chi connectivity index (χ2v) is 2.03. The average molecular weight is 164 g/mol. The van der Waals surface area contributed by atoms with Crippen LogP contribution in [-0.4, -0.2) is 12.1 Å². The van der Waals surface area contributed by atoms with Gasteiger partial charge in [-0.25, -0.2) is 10.8 Å². The van der Waals surface area contributed by atoms with E-state index in [2.05, 4.69) is 10.4 Å². The first-order valence-corrected chi connectivity index (χ1v) is 3.23. The highest BCUT2D eigenvalue weighted by atomic mass is 16.5. The summed E-state index contributed by atoms with van der Waals surface area (Å²) in [5.41, 5.74) is 2.60. The van der Waals surface area contributed by atoms with E-state index >= 15 is 0 Å². The molecule has 0 aromatic carbocycles. The van der Waals surface area contributed by atoms with E-state index in [9.17, 15) is 0 Å². The van der Waals surface area contributed by atoms with Crippen molar-refractivity contribution in [2.24, 2.45) is 5.84 Å². The summed E-state index contributed by atoms with van der Waals surface area (Å²) >= 11 is 0. The lowest BCUT2D eigenvalue weighted by Crippen LogP contribution is -2.09. The van der Waals surface area contributed by atoms with Gasteiger partial charge in [0.2, 0.25) is 0 Å². The second kappa shape index (κ2) is 3.55. The molecule has 0 spiro atoms. The summed E-state index contributed by atoms with van der Waals surface area (Å²) in [6.45, 7) is 0. The molecule has 0 radical (unpaired) electrons. The molecule has 1 heterocycles. The van der Waals surface area contributed by atoms with Crippen molar-refractivity contribution >= 4 is 5.82 Å². The topological polar surface area (TPSA) is 84.0 Å². The van der Waals surface area contributed by atoms with E-state index in [0.29, 0.717) is 11.6 Å². The molecule has 1 rings (SSSR count). The van der Waals surface area contributed by atoms with Crippen LogP contribution in [0.3, 0.4) is 0 Å². The number of nitrogen functional groups attached to an aromatic ring is 1. The minimum Gasteiger partial charge on any atom is -0.497 e. The maximum atomic E-state index is 8.54. The van der Waals surface area contributed by atoms with E-state index in [1.807, 2.05) is 6.07 Å². The molecular weight excluding hydrogens is 156 g/mol. The van der Waals surface area contributed by atoms with Crippen LogP contribution >= 0.6 is 0 Å². The molecule has 62 valence electrons. The van der Waals surface area contributed by atoms with Crippen molar-refractivity contribution in [3.05, 3.63) is 17.8 Å². The highest BCUT2D eigenvalue weighted by molar-refractivity contribution is 5.44. The van der Waals surface area contributed by atoms with Crippen LogP contribution in [0.4, 0.5) is 5.82 Å². The van der Waals surface area contributed by atoms with Crippen LogP contribution in [0, 0.1) is 11.3 Å². The van der Waals surface area contributed by atoms with Gasteiger partial charge in [-0.15, -0.1) is 0 Å². The normalized spacial score (nSPS) is 8.75. The Morgan fingerprint density at radius 2 is 2.42 bits per heavy atom. The first-order chi connectivity index (χ1) is 5.80. The Kier molecular flexibility index (Phi) is 2.46. The molecule has 12 heavy (non-hydrogen) atoms. The molecule has 0 aliphatic rings. The number of nitrogens with two attached hydrogens (primary N) is 1. The van der Waals surface area contributed by atoms with Crippen LogP contribution in [0.25, 0.3) is 0 Å². The second-order valence-electron chi connectivity index (χ2n) is 2.03. The zero-order valence-corrected chi connectivity index (χ0v) is 6.53. The molecule has 0 bridgehead atoms. The zero-order valence-electron chi connectivity index (χ0n) is 6.53. The highest BCUT2D eigenvalue weighted by Gasteiger charge is 2.00. The number of hydrazine groups is 1. The van der Waals surface area contributed by atoms with Gasteiger partial charge < -0.3 is 10.2 Å². The monoisotopic (exact) mass is 164 g/mol. The van der Waals surface area contributed by atoms with Crippen molar-refractivity contribution in [1.29, 1.82) is 5.26 Å². The third-order valence-corrected chi connectivity index (χ3v) is 1.30. The molecule has 0 saturated carbocycles. The minimum absolute atomic E-state index is 0.266. The quantitative estimate of drug-likeness (QED) is 0.483. The number of methoxy groups -OCH3 is 1. The van der Waals surface area contributed by atoms with Gasteiger partial charge in [-0.2, -0.15) is 5.26 Å². The number of hydrogen-bond acceptors (Lipinski definition) is 5. The Balaban J connectivity index is 3.12. The van der Waals surface area contributed by atoms with E-state index in [-0.39, 0.29) is 5.69 Å². The number of hydrogen-bond donors (Lipinski definition) is 2. The Morgan fingerprint density at radius 1 is 1.67 bits per heavy atom. The molecule has 3 N–H and O–H groups in total. The molecule has 0 saturated heterocycles. The number of aromatic nitrogens is 1. The summed E-state index contributed by atoms with van der Waals surface area (Å²) in [6, 6.07) is 5.02. The molecule has 0 amide bonds. The number of pyridine rings is 1. The lowest BCUT2D eigenvalue weighted by molar-refractivity contribution is 0.414. The van der Waals surface area contributed by atoms with Gasteiger partial charge in [0, 0.05) is 12.1 Å². The van der Waals surface area contributed by atoms with Crippen LogP contribution in [0.2, 0.25) is 0 Å². The van der Waals surface area contributed by atoms with Gasteiger partial charge >= 0.3 is 0 Å². The van der Waals surface area contributed by atoms with Gasteiger partial charge in [-0.05, 0) is 0 Å². The first kappa shape index (κ1) is 8.30. The standard InChI is InChI=1S/C7H8N4O/c1-12-6-2-5(4-8)10-7(3-6)11-9/h2-3H,9H2,1H3,(H,10,11). The van der Waals surface area contributed by atoms with Crippen LogP contribution in [0.1, 0.15) is 5.69 Å². The largest absolute Gasteiger partial charge is 0.497 e. The van der Waals surface area contributed by atoms with Gasteiger partial charge in [-0.3, -0.25) is 0 Å². The highest BCUT2D eigenvalue weighted by Crippen LogP contribution is 2.15. The summed E-state index contributed by atoms with van der Waals surface area (Å²) in [7, 11) is 1.51. The molecule has 0 aliphatic carbocycles. The molecular formula is C7H8N4O. The molecule has 1 aromatic rings. The minimum atomic E-state index is 0.266. The number of nitrogens with zero attached hydrogens (tertiary/aromatic N) is 2. The van der Waals surface area contributed by atoms with Gasteiger partial charge in [0.25, 0.3) is 0 Å². The van der Waals surface area contributed by atoms with Crippen molar-refractivity contribution in [3.8, 4) is 11.8 Å².